The molecule has 1 aromatic carbocycles. The Hall–Kier alpha value is -2.01. The number of carbonyl (C=O) groups excluding carboxylic acids is 1. The molecule has 0 bridgehead atoms. The third-order valence-electron chi connectivity index (χ3n) is 4.04. The maximum atomic E-state index is 12.9. The zero-order valence-electron chi connectivity index (χ0n) is 14.3. The van der Waals surface area contributed by atoms with Gasteiger partial charge in [0.25, 0.3) is 5.91 Å². The van der Waals surface area contributed by atoms with Gasteiger partial charge < -0.3 is 19.1 Å². The molecule has 1 amide bonds. The fraction of sp³-hybridized carbons (Fsp3) is 0.500. The van der Waals surface area contributed by atoms with Gasteiger partial charge in [0.15, 0.2) is 11.5 Å². The number of ether oxygens (including phenoxy) is 3. The molecular weight excluding hydrogens is 294 g/mol. The number of amides is 1. The number of rotatable bonds is 5. The zero-order chi connectivity index (χ0) is 17.0. The number of nitrogens with zero attached hydrogens (tertiary/aromatic N) is 1. The molecule has 0 aromatic heterocycles. The van der Waals surface area contributed by atoms with Crippen molar-refractivity contribution in [2.24, 2.45) is 0 Å². The lowest BCUT2D eigenvalue weighted by atomic mass is 10.0. The number of methoxy groups -OCH3 is 2. The Labute approximate surface area is 137 Å². The van der Waals surface area contributed by atoms with Gasteiger partial charge in [0.1, 0.15) is 0 Å². The van der Waals surface area contributed by atoms with Crippen LogP contribution in [0, 0.1) is 0 Å². The van der Waals surface area contributed by atoms with Crippen LogP contribution in [0.1, 0.15) is 29.8 Å². The monoisotopic (exact) mass is 319 g/mol. The third-order valence-corrected chi connectivity index (χ3v) is 4.04. The second-order valence-corrected chi connectivity index (χ2v) is 5.81. The van der Waals surface area contributed by atoms with Gasteiger partial charge in [-0.05, 0) is 32.4 Å². The molecule has 0 saturated carbocycles. The van der Waals surface area contributed by atoms with Gasteiger partial charge in [-0.2, -0.15) is 0 Å². The lowest BCUT2D eigenvalue weighted by Crippen LogP contribution is -2.50. The second-order valence-electron chi connectivity index (χ2n) is 5.81. The minimum Gasteiger partial charge on any atom is -0.493 e. The highest BCUT2D eigenvalue weighted by Crippen LogP contribution is 2.34. The summed E-state index contributed by atoms with van der Waals surface area (Å²) >= 11 is 0. The van der Waals surface area contributed by atoms with Crippen molar-refractivity contribution < 1.29 is 19.0 Å². The number of hydrogen-bond acceptors (Lipinski definition) is 4. The first-order chi connectivity index (χ1) is 11.0. The van der Waals surface area contributed by atoms with Crippen LogP contribution in [0.2, 0.25) is 0 Å². The molecule has 23 heavy (non-hydrogen) atoms. The van der Waals surface area contributed by atoms with E-state index in [-0.39, 0.29) is 18.1 Å². The van der Waals surface area contributed by atoms with E-state index in [0.29, 0.717) is 36.6 Å². The van der Waals surface area contributed by atoms with E-state index >= 15 is 0 Å². The van der Waals surface area contributed by atoms with E-state index in [4.69, 9.17) is 14.2 Å². The summed E-state index contributed by atoms with van der Waals surface area (Å²) in [7, 11) is 3.17. The van der Waals surface area contributed by atoms with Gasteiger partial charge in [-0.3, -0.25) is 4.79 Å². The summed E-state index contributed by atoms with van der Waals surface area (Å²) < 4.78 is 16.4. The largest absolute Gasteiger partial charge is 0.493 e. The molecule has 2 unspecified atom stereocenters. The fourth-order valence-electron chi connectivity index (χ4n) is 2.83. The minimum absolute atomic E-state index is 0.0149. The summed E-state index contributed by atoms with van der Waals surface area (Å²) in [6, 6.07) is 3.65. The van der Waals surface area contributed by atoms with E-state index in [1.807, 2.05) is 24.8 Å². The van der Waals surface area contributed by atoms with Crippen molar-refractivity contribution in [1.29, 1.82) is 0 Å². The first-order valence-electron chi connectivity index (χ1n) is 7.80. The summed E-state index contributed by atoms with van der Waals surface area (Å²) in [4.78, 5) is 14.8. The maximum Gasteiger partial charge on any atom is 0.254 e. The molecule has 5 heteroatoms. The van der Waals surface area contributed by atoms with Gasteiger partial charge in [-0.1, -0.05) is 6.08 Å². The number of allylic oxidation sites excluding steroid dienone is 1. The molecule has 1 aliphatic rings. The highest BCUT2D eigenvalue weighted by atomic mass is 16.5. The number of benzene rings is 1. The third kappa shape index (κ3) is 3.67. The molecular formula is C18H25NO4. The van der Waals surface area contributed by atoms with E-state index in [2.05, 4.69) is 6.58 Å². The van der Waals surface area contributed by atoms with Crippen molar-refractivity contribution in [3.05, 3.63) is 35.9 Å². The number of morpholine rings is 1. The van der Waals surface area contributed by atoms with E-state index in [0.717, 1.165) is 5.56 Å². The van der Waals surface area contributed by atoms with Crippen LogP contribution in [-0.2, 0) is 11.2 Å². The van der Waals surface area contributed by atoms with Crippen molar-refractivity contribution in [2.45, 2.75) is 32.4 Å². The molecule has 1 aromatic rings. The second kappa shape index (κ2) is 7.51. The highest BCUT2D eigenvalue weighted by molar-refractivity contribution is 5.95. The molecule has 1 aliphatic heterocycles. The average molecular weight is 319 g/mol. The molecule has 2 rings (SSSR count). The van der Waals surface area contributed by atoms with Crippen LogP contribution in [-0.4, -0.2) is 50.3 Å². The lowest BCUT2D eigenvalue weighted by Gasteiger charge is -2.37. The minimum atomic E-state index is -0.0149. The first-order valence-corrected chi connectivity index (χ1v) is 7.80. The molecule has 5 nitrogen and oxygen atoms in total. The maximum absolute atomic E-state index is 12.9. The topological polar surface area (TPSA) is 48.0 Å². The van der Waals surface area contributed by atoms with Crippen LogP contribution in [0.3, 0.4) is 0 Å². The Morgan fingerprint density at radius 2 is 2.13 bits per heavy atom. The van der Waals surface area contributed by atoms with Crippen LogP contribution in [0.25, 0.3) is 0 Å². The average Bonchev–Trinajstić information content (AvgIpc) is 2.55. The Balaban J connectivity index is 2.39. The summed E-state index contributed by atoms with van der Waals surface area (Å²) in [5, 5.41) is 0. The first kappa shape index (κ1) is 17.3. The molecule has 1 fully saturated rings. The number of hydrogen-bond donors (Lipinski definition) is 0. The molecule has 0 N–H and O–H groups in total. The smallest absolute Gasteiger partial charge is 0.254 e. The Morgan fingerprint density at radius 1 is 1.39 bits per heavy atom. The van der Waals surface area contributed by atoms with Crippen LogP contribution in [0.15, 0.2) is 24.8 Å². The number of carbonyl (C=O) groups is 1. The Morgan fingerprint density at radius 3 is 2.74 bits per heavy atom. The normalized spacial score (nSPS) is 21.0. The van der Waals surface area contributed by atoms with E-state index in [1.54, 1.807) is 26.4 Å². The Bertz CT molecular complexity index is 585. The summed E-state index contributed by atoms with van der Waals surface area (Å²) in [5.74, 6) is 1.19. The summed E-state index contributed by atoms with van der Waals surface area (Å²) in [6.45, 7) is 8.88. The van der Waals surface area contributed by atoms with Crippen molar-refractivity contribution >= 4 is 5.91 Å². The molecule has 0 spiro atoms. The van der Waals surface area contributed by atoms with Gasteiger partial charge in [-0.15, -0.1) is 6.58 Å². The van der Waals surface area contributed by atoms with Crippen LogP contribution < -0.4 is 9.47 Å². The summed E-state index contributed by atoms with van der Waals surface area (Å²) in [5.41, 5.74) is 1.49. The van der Waals surface area contributed by atoms with E-state index in [9.17, 15) is 4.79 Å². The molecule has 0 aliphatic carbocycles. The highest BCUT2D eigenvalue weighted by Gasteiger charge is 2.29. The molecule has 2 atom stereocenters. The van der Waals surface area contributed by atoms with Crippen LogP contribution in [0.5, 0.6) is 11.5 Å². The van der Waals surface area contributed by atoms with Crippen molar-refractivity contribution in [1.82, 2.24) is 4.90 Å². The molecule has 1 saturated heterocycles. The lowest BCUT2D eigenvalue weighted by molar-refractivity contribution is -0.0387. The van der Waals surface area contributed by atoms with Crippen LogP contribution in [0.4, 0.5) is 0 Å². The van der Waals surface area contributed by atoms with Gasteiger partial charge in [-0.25, -0.2) is 0 Å². The van der Waals surface area contributed by atoms with E-state index < -0.39 is 0 Å². The van der Waals surface area contributed by atoms with Gasteiger partial charge in [0, 0.05) is 17.7 Å². The zero-order valence-corrected chi connectivity index (χ0v) is 14.3. The molecule has 0 radical (unpaired) electrons. The quantitative estimate of drug-likeness (QED) is 0.783. The Kier molecular flexibility index (Phi) is 5.66. The van der Waals surface area contributed by atoms with Crippen molar-refractivity contribution in [3.63, 3.8) is 0 Å². The van der Waals surface area contributed by atoms with Crippen LogP contribution >= 0.6 is 0 Å². The van der Waals surface area contributed by atoms with Gasteiger partial charge >= 0.3 is 0 Å². The standard InChI is InChI=1S/C18H25NO4/c1-6-7-14-8-15(9-16(21-4)17(14)22-5)18(20)19-10-13(3)23-11-12(19)2/h6,8-9,12-13H,1,7,10-11H2,2-5H3. The predicted molar refractivity (Wildman–Crippen MR) is 89.4 cm³/mol. The van der Waals surface area contributed by atoms with Gasteiger partial charge in [0.05, 0.1) is 33.0 Å². The van der Waals surface area contributed by atoms with E-state index in [1.165, 1.54) is 0 Å². The van der Waals surface area contributed by atoms with Gasteiger partial charge in [0.2, 0.25) is 0 Å². The van der Waals surface area contributed by atoms with Crippen molar-refractivity contribution in [2.75, 3.05) is 27.4 Å². The predicted octanol–water partition coefficient (Wildman–Crippen LogP) is 2.68. The molecule has 126 valence electrons. The summed E-state index contributed by atoms with van der Waals surface area (Å²) in [6.07, 6.45) is 2.43. The SMILES string of the molecule is C=CCc1cc(C(=O)N2CC(C)OCC2C)cc(OC)c1OC. The fourth-order valence-corrected chi connectivity index (χ4v) is 2.83. The van der Waals surface area contributed by atoms with Crippen molar-refractivity contribution in [3.8, 4) is 11.5 Å². The molecule has 1 heterocycles.